The normalized spacial score (nSPS) is 11.7. The highest BCUT2D eigenvalue weighted by Gasteiger charge is 2.16. The second-order valence-electron chi connectivity index (χ2n) is 5.58. The molecule has 0 radical (unpaired) electrons. The fourth-order valence-corrected chi connectivity index (χ4v) is 3.35. The van der Waals surface area contributed by atoms with Crippen molar-refractivity contribution < 1.29 is 21.7 Å². The third-order valence-electron chi connectivity index (χ3n) is 3.64. The molecule has 0 aliphatic heterocycles. The molecule has 0 fully saturated rings. The molecule has 0 aliphatic rings. The largest absolute Gasteiger partial charge is 0.339 e. The number of aromatic nitrogens is 2. The molecule has 6 nitrogen and oxygen atoms in total. The van der Waals surface area contributed by atoms with E-state index in [2.05, 4.69) is 14.9 Å². The van der Waals surface area contributed by atoms with Gasteiger partial charge in [0.15, 0.2) is 0 Å². The molecule has 0 bridgehead atoms. The van der Waals surface area contributed by atoms with Crippen molar-refractivity contribution in [3.8, 4) is 11.4 Å². The van der Waals surface area contributed by atoms with Gasteiger partial charge in [0.25, 0.3) is 0 Å². The molecule has 3 aromatic rings. The van der Waals surface area contributed by atoms with Gasteiger partial charge in [-0.05, 0) is 55.0 Å². The van der Waals surface area contributed by atoms with E-state index in [0.29, 0.717) is 5.56 Å². The molecule has 0 aliphatic carbocycles. The van der Waals surface area contributed by atoms with Gasteiger partial charge in [-0.2, -0.15) is 4.98 Å². The first-order valence-electron chi connectivity index (χ1n) is 7.69. The summed E-state index contributed by atoms with van der Waals surface area (Å²) in [5.41, 5.74) is 0.831. The Hall–Kier alpha value is -2.65. The maximum absolute atomic E-state index is 13.3. The lowest BCUT2D eigenvalue weighted by atomic mass is 10.2. The quantitative estimate of drug-likeness (QED) is 0.712. The highest BCUT2D eigenvalue weighted by molar-refractivity contribution is 7.89. The van der Waals surface area contributed by atoms with Crippen LogP contribution in [0.3, 0.4) is 0 Å². The second-order valence-corrected chi connectivity index (χ2v) is 7.34. The van der Waals surface area contributed by atoms with Gasteiger partial charge in [0.1, 0.15) is 11.6 Å². The lowest BCUT2D eigenvalue weighted by Crippen LogP contribution is -2.26. The van der Waals surface area contributed by atoms with Crippen LogP contribution in [0.5, 0.6) is 0 Å². The van der Waals surface area contributed by atoms with E-state index < -0.39 is 15.8 Å². The van der Waals surface area contributed by atoms with Crippen molar-refractivity contribution in [3.05, 3.63) is 65.6 Å². The SMILES string of the molecule is Cc1cc(S(=O)(=O)NCCc2nc(-c3ccc(F)cc3)no2)ccc1F. The predicted molar refractivity (Wildman–Crippen MR) is 89.7 cm³/mol. The molecule has 0 unspecified atom stereocenters. The molecule has 26 heavy (non-hydrogen) atoms. The van der Waals surface area contributed by atoms with Crippen molar-refractivity contribution in [1.82, 2.24) is 14.9 Å². The highest BCUT2D eigenvalue weighted by Crippen LogP contribution is 2.17. The Morgan fingerprint density at radius 2 is 1.85 bits per heavy atom. The monoisotopic (exact) mass is 379 g/mol. The molecule has 0 atom stereocenters. The fraction of sp³-hybridized carbons (Fsp3) is 0.176. The van der Waals surface area contributed by atoms with Crippen molar-refractivity contribution in [2.75, 3.05) is 6.54 Å². The van der Waals surface area contributed by atoms with E-state index in [0.717, 1.165) is 6.07 Å². The third-order valence-corrected chi connectivity index (χ3v) is 5.10. The van der Waals surface area contributed by atoms with Gasteiger partial charge >= 0.3 is 0 Å². The molecule has 3 rings (SSSR count). The Bertz CT molecular complexity index is 1020. The van der Waals surface area contributed by atoms with Crippen LogP contribution in [0.15, 0.2) is 51.9 Å². The van der Waals surface area contributed by atoms with Gasteiger partial charge < -0.3 is 4.52 Å². The summed E-state index contributed by atoms with van der Waals surface area (Å²) in [5, 5.41) is 3.78. The molecule has 0 saturated heterocycles. The molecule has 1 aromatic heterocycles. The highest BCUT2D eigenvalue weighted by atomic mass is 32.2. The Labute approximate surface area is 148 Å². The van der Waals surface area contributed by atoms with Crippen LogP contribution >= 0.6 is 0 Å². The number of nitrogens with zero attached hydrogens (tertiary/aromatic N) is 2. The van der Waals surface area contributed by atoms with Crippen LogP contribution in [0, 0.1) is 18.6 Å². The summed E-state index contributed by atoms with van der Waals surface area (Å²) >= 11 is 0. The standard InChI is InChI=1S/C17H15F2N3O3S/c1-11-10-14(6-7-15(11)19)26(23,24)20-9-8-16-21-17(22-25-16)12-2-4-13(18)5-3-12/h2-7,10,20H,8-9H2,1H3. The van der Waals surface area contributed by atoms with E-state index in [9.17, 15) is 17.2 Å². The van der Waals surface area contributed by atoms with Crippen molar-refractivity contribution >= 4 is 10.0 Å². The van der Waals surface area contributed by atoms with E-state index >= 15 is 0 Å². The van der Waals surface area contributed by atoms with Crippen LogP contribution in [-0.4, -0.2) is 25.1 Å². The van der Waals surface area contributed by atoms with Crippen LogP contribution < -0.4 is 4.72 Å². The zero-order chi connectivity index (χ0) is 18.7. The van der Waals surface area contributed by atoms with Crippen molar-refractivity contribution in [2.24, 2.45) is 0 Å². The lowest BCUT2D eigenvalue weighted by molar-refractivity contribution is 0.379. The van der Waals surface area contributed by atoms with E-state index in [-0.39, 0.29) is 41.0 Å². The first kappa shape index (κ1) is 18.2. The summed E-state index contributed by atoms with van der Waals surface area (Å²) in [7, 11) is -3.77. The van der Waals surface area contributed by atoms with Gasteiger partial charge in [0, 0.05) is 18.5 Å². The third kappa shape index (κ3) is 4.12. The number of sulfonamides is 1. The van der Waals surface area contributed by atoms with E-state index in [4.69, 9.17) is 4.52 Å². The number of hydrogen-bond acceptors (Lipinski definition) is 5. The van der Waals surface area contributed by atoms with Crippen LogP contribution in [0.25, 0.3) is 11.4 Å². The predicted octanol–water partition coefficient (Wildman–Crippen LogP) is 2.84. The summed E-state index contributed by atoms with van der Waals surface area (Å²) in [6, 6.07) is 9.17. The molecule has 0 saturated carbocycles. The molecular weight excluding hydrogens is 364 g/mol. The Kier molecular flexibility index (Phi) is 5.10. The topological polar surface area (TPSA) is 85.1 Å². The van der Waals surface area contributed by atoms with Gasteiger partial charge in [0.2, 0.25) is 21.7 Å². The number of halogens is 2. The summed E-state index contributed by atoms with van der Waals surface area (Å²) in [4.78, 5) is 4.12. The van der Waals surface area contributed by atoms with Crippen molar-refractivity contribution in [2.45, 2.75) is 18.2 Å². The average molecular weight is 379 g/mol. The molecule has 1 heterocycles. The Morgan fingerprint density at radius 3 is 2.54 bits per heavy atom. The Balaban J connectivity index is 1.62. The molecule has 1 N–H and O–H groups in total. The number of rotatable bonds is 6. The summed E-state index contributed by atoms with van der Waals surface area (Å²) in [5.74, 6) is -0.314. The molecule has 136 valence electrons. The maximum Gasteiger partial charge on any atom is 0.240 e. The molecule has 0 spiro atoms. The van der Waals surface area contributed by atoms with Gasteiger partial charge in [-0.15, -0.1) is 0 Å². The number of benzene rings is 2. The molecule has 2 aromatic carbocycles. The van der Waals surface area contributed by atoms with Crippen molar-refractivity contribution in [1.29, 1.82) is 0 Å². The first-order chi connectivity index (χ1) is 12.3. The van der Waals surface area contributed by atoms with Crippen molar-refractivity contribution in [3.63, 3.8) is 0 Å². The summed E-state index contributed by atoms with van der Waals surface area (Å²) in [6.45, 7) is 1.52. The average Bonchev–Trinajstić information content (AvgIpc) is 3.06. The van der Waals surface area contributed by atoms with Crippen LogP contribution in [0.1, 0.15) is 11.5 Å². The van der Waals surface area contributed by atoms with E-state index in [1.165, 1.54) is 43.3 Å². The minimum absolute atomic E-state index is 0.0195. The Morgan fingerprint density at radius 1 is 1.12 bits per heavy atom. The molecule has 0 amide bonds. The minimum Gasteiger partial charge on any atom is -0.339 e. The van der Waals surface area contributed by atoms with Gasteiger partial charge in [-0.25, -0.2) is 21.9 Å². The molecular formula is C17H15F2N3O3S. The number of aryl methyl sites for hydroxylation is 1. The smallest absolute Gasteiger partial charge is 0.240 e. The number of hydrogen-bond donors (Lipinski definition) is 1. The lowest BCUT2D eigenvalue weighted by Gasteiger charge is -2.06. The van der Waals surface area contributed by atoms with Crippen LogP contribution in [-0.2, 0) is 16.4 Å². The fourth-order valence-electron chi connectivity index (χ4n) is 2.23. The summed E-state index contributed by atoms with van der Waals surface area (Å²) < 4.78 is 58.1. The minimum atomic E-state index is -3.77. The van der Waals surface area contributed by atoms with Gasteiger partial charge in [-0.1, -0.05) is 5.16 Å². The van der Waals surface area contributed by atoms with E-state index in [1.807, 2.05) is 0 Å². The second kappa shape index (κ2) is 7.30. The first-order valence-corrected chi connectivity index (χ1v) is 9.18. The zero-order valence-corrected chi connectivity index (χ0v) is 14.6. The molecule has 9 heteroatoms. The zero-order valence-electron chi connectivity index (χ0n) is 13.7. The van der Waals surface area contributed by atoms with Gasteiger partial charge in [0.05, 0.1) is 4.90 Å². The van der Waals surface area contributed by atoms with Crippen LogP contribution in [0.4, 0.5) is 8.78 Å². The number of nitrogens with one attached hydrogen (secondary N) is 1. The van der Waals surface area contributed by atoms with Crippen LogP contribution in [0.2, 0.25) is 0 Å². The van der Waals surface area contributed by atoms with Gasteiger partial charge in [-0.3, -0.25) is 0 Å². The maximum atomic E-state index is 13.3. The summed E-state index contributed by atoms with van der Waals surface area (Å²) in [6.07, 6.45) is 0.174. The van der Waals surface area contributed by atoms with E-state index in [1.54, 1.807) is 0 Å².